The molecule has 1 aromatic carbocycles. The molecule has 6 rings (SSSR count). The number of benzene rings is 1. The predicted molar refractivity (Wildman–Crippen MR) is 168 cm³/mol. The van der Waals surface area contributed by atoms with E-state index in [1.165, 1.54) is 77.7 Å². The van der Waals surface area contributed by atoms with Gasteiger partial charge in [0.2, 0.25) is 0 Å². The lowest BCUT2D eigenvalue weighted by Crippen LogP contribution is -1.89. The van der Waals surface area contributed by atoms with Gasteiger partial charge in [0, 0.05) is 29.1 Å². The molecule has 3 nitrogen and oxygen atoms in total. The van der Waals surface area contributed by atoms with Crippen LogP contribution in [0, 0.1) is 6.92 Å². The second-order valence-corrected chi connectivity index (χ2v) is 10.9. The number of aromatic amines is 1. The quantitative estimate of drug-likeness (QED) is 0.255. The SMILES string of the molecule is CCC1=C(C)c2cc3cc(cc4c(C)c(CC)c(cc5[nH]c(cc1n2)c(CC)c5CC)n4C)-c1ccccc1-3. The average Bonchev–Trinajstić information content (AvgIpc) is 3.61. The van der Waals surface area contributed by atoms with E-state index < -0.39 is 0 Å². The van der Waals surface area contributed by atoms with E-state index >= 15 is 0 Å². The van der Waals surface area contributed by atoms with Gasteiger partial charge < -0.3 is 9.55 Å². The zero-order valence-electron chi connectivity index (χ0n) is 24.4. The van der Waals surface area contributed by atoms with Crippen molar-refractivity contribution in [1.82, 2.24) is 14.5 Å². The van der Waals surface area contributed by atoms with Crippen LogP contribution in [0.15, 0.2) is 54.6 Å². The van der Waals surface area contributed by atoms with Gasteiger partial charge in [-0.2, -0.15) is 0 Å². The summed E-state index contributed by atoms with van der Waals surface area (Å²) in [6, 6.07) is 20.5. The normalized spacial score (nSPS) is 12.8. The number of rotatable bonds is 4. The molecule has 3 aromatic heterocycles. The van der Waals surface area contributed by atoms with E-state index in [0.29, 0.717) is 0 Å². The minimum absolute atomic E-state index is 0.964. The van der Waals surface area contributed by atoms with Gasteiger partial charge in [-0.1, -0.05) is 52.0 Å². The molecule has 0 amide bonds. The van der Waals surface area contributed by atoms with Crippen molar-refractivity contribution in [3.05, 3.63) is 88.2 Å². The molecule has 3 heteroatoms. The first kappa shape index (κ1) is 25.4. The average molecular weight is 514 g/mol. The minimum Gasteiger partial charge on any atom is -0.355 e. The largest absolute Gasteiger partial charge is 0.355 e. The van der Waals surface area contributed by atoms with Gasteiger partial charge in [0.15, 0.2) is 0 Å². The lowest BCUT2D eigenvalue weighted by atomic mass is 10.0. The Bertz CT molecular complexity index is 1820. The molecule has 0 spiro atoms. The van der Waals surface area contributed by atoms with Crippen molar-refractivity contribution in [2.45, 2.75) is 67.2 Å². The Labute approximate surface area is 232 Å². The third-order valence-electron chi connectivity index (χ3n) is 8.96. The Hall–Kier alpha value is -3.85. The molecule has 1 N–H and O–H groups in total. The summed E-state index contributed by atoms with van der Waals surface area (Å²) in [5, 5.41) is 0. The molecule has 8 bridgehead atoms. The number of hydrogen-bond donors (Lipinski definition) is 1. The van der Waals surface area contributed by atoms with Crippen molar-refractivity contribution < 1.29 is 0 Å². The molecule has 39 heavy (non-hydrogen) atoms. The Morgan fingerprint density at radius 1 is 0.667 bits per heavy atom. The number of hydrogen-bond acceptors (Lipinski definition) is 1. The third-order valence-corrected chi connectivity index (χ3v) is 8.96. The van der Waals surface area contributed by atoms with Crippen LogP contribution >= 0.6 is 0 Å². The molecule has 0 radical (unpaired) electrons. The van der Waals surface area contributed by atoms with Crippen LogP contribution in [0.1, 0.15) is 74.7 Å². The van der Waals surface area contributed by atoms with Crippen LogP contribution in [0.25, 0.3) is 55.5 Å². The summed E-state index contributed by atoms with van der Waals surface area (Å²) in [4.78, 5) is 9.07. The van der Waals surface area contributed by atoms with E-state index in [0.717, 1.165) is 37.1 Å². The number of aryl methyl sites for hydroxylation is 5. The van der Waals surface area contributed by atoms with Gasteiger partial charge in [0.05, 0.1) is 11.4 Å². The number of nitrogens with one attached hydrogen (secondary N) is 1. The number of fused-ring (bicyclic) bond motifs is 11. The van der Waals surface area contributed by atoms with Crippen LogP contribution < -0.4 is 0 Å². The second-order valence-electron chi connectivity index (χ2n) is 10.9. The van der Waals surface area contributed by atoms with Crippen LogP contribution in [0.5, 0.6) is 0 Å². The monoisotopic (exact) mass is 513 g/mol. The molecule has 2 aliphatic rings. The van der Waals surface area contributed by atoms with Crippen LogP contribution in [-0.2, 0) is 26.3 Å². The van der Waals surface area contributed by atoms with Crippen LogP contribution in [-0.4, -0.2) is 14.5 Å². The molecule has 1 aliphatic heterocycles. The van der Waals surface area contributed by atoms with Crippen molar-refractivity contribution >= 4 is 33.2 Å². The van der Waals surface area contributed by atoms with Gasteiger partial charge in [-0.3, -0.25) is 0 Å². The summed E-state index contributed by atoms with van der Waals surface area (Å²) in [6.45, 7) is 13.6. The van der Waals surface area contributed by atoms with Gasteiger partial charge in [-0.15, -0.1) is 0 Å². The summed E-state index contributed by atoms with van der Waals surface area (Å²) in [5.41, 5.74) is 20.4. The fourth-order valence-corrected chi connectivity index (χ4v) is 6.89. The van der Waals surface area contributed by atoms with Crippen molar-refractivity contribution in [2.24, 2.45) is 7.05 Å². The first-order valence-electron chi connectivity index (χ1n) is 14.5. The molecule has 0 unspecified atom stereocenters. The summed E-state index contributed by atoms with van der Waals surface area (Å²) < 4.78 is 2.39. The Morgan fingerprint density at radius 3 is 1.90 bits per heavy atom. The van der Waals surface area contributed by atoms with E-state index in [1.54, 1.807) is 0 Å². The first-order chi connectivity index (χ1) is 18.9. The number of H-pyrrole nitrogens is 1. The number of allylic oxidation sites excluding steroid dienone is 2. The van der Waals surface area contributed by atoms with Crippen molar-refractivity contribution in [3.63, 3.8) is 0 Å². The Balaban J connectivity index is 1.85. The topological polar surface area (TPSA) is 33.6 Å². The van der Waals surface area contributed by atoms with Gasteiger partial charge in [-0.05, 0) is 126 Å². The molecule has 0 saturated carbocycles. The molecule has 1 aliphatic carbocycles. The summed E-state index contributed by atoms with van der Waals surface area (Å²) in [5.74, 6) is 0. The van der Waals surface area contributed by atoms with Crippen LogP contribution in [0.2, 0.25) is 0 Å². The van der Waals surface area contributed by atoms with E-state index in [-0.39, 0.29) is 0 Å². The molecular formula is C36H39N3. The van der Waals surface area contributed by atoms with E-state index in [4.69, 9.17) is 4.98 Å². The lowest BCUT2D eigenvalue weighted by Gasteiger charge is -2.02. The molecular weight excluding hydrogens is 474 g/mol. The van der Waals surface area contributed by atoms with Gasteiger partial charge in [-0.25, -0.2) is 4.98 Å². The molecule has 4 heterocycles. The van der Waals surface area contributed by atoms with Crippen molar-refractivity contribution in [1.29, 1.82) is 0 Å². The summed E-state index contributed by atoms with van der Waals surface area (Å²) in [7, 11) is 2.22. The van der Waals surface area contributed by atoms with Gasteiger partial charge >= 0.3 is 0 Å². The second kappa shape index (κ2) is 9.72. The molecule has 0 atom stereocenters. The van der Waals surface area contributed by atoms with Crippen molar-refractivity contribution in [2.75, 3.05) is 0 Å². The molecule has 198 valence electrons. The zero-order valence-corrected chi connectivity index (χ0v) is 24.4. The van der Waals surface area contributed by atoms with Gasteiger partial charge in [0.25, 0.3) is 0 Å². The van der Waals surface area contributed by atoms with Crippen LogP contribution in [0.4, 0.5) is 0 Å². The lowest BCUT2D eigenvalue weighted by molar-refractivity contribution is 1.00. The van der Waals surface area contributed by atoms with Crippen molar-refractivity contribution in [3.8, 4) is 22.3 Å². The maximum Gasteiger partial charge on any atom is 0.0693 e. The fourth-order valence-electron chi connectivity index (χ4n) is 6.89. The van der Waals surface area contributed by atoms with Gasteiger partial charge in [0.1, 0.15) is 0 Å². The highest BCUT2D eigenvalue weighted by molar-refractivity contribution is 5.96. The highest BCUT2D eigenvalue weighted by Gasteiger charge is 2.20. The Morgan fingerprint density at radius 2 is 1.28 bits per heavy atom. The summed E-state index contributed by atoms with van der Waals surface area (Å²) >= 11 is 0. The van der Waals surface area contributed by atoms with Crippen LogP contribution in [0.3, 0.4) is 0 Å². The summed E-state index contributed by atoms with van der Waals surface area (Å²) in [6.07, 6.45) is 3.96. The molecule has 0 saturated heterocycles. The van der Waals surface area contributed by atoms with E-state index in [1.807, 2.05) is 0 Å². The zero-order chi connectivity index (χ0) is 27.4. The highest BCUT2D eigenvalue weighted by atomic mass is 14.9. The standard InChI is InChI=1S/C36H39N3/c1-8-25-21(5)31-17-23-16-24(30-15-13-12-14-29(23)30)18-35-22(6)26(9-2)36(39(35)7)20-34-28(11-4)27(10-3)33(38-34)19-32(25)37-31/h12-20,38H,8-11H2,1-7H3. The van der Waals surface area contributed by atoms with E-state index in [9.17, 15) is 0 Å². The fraction of sp³-hybridized carbons (Fsp3) is 0.306. The predicted octanol–water partition coefficient (Wildman–Crippen LogP) is 9.60. The molecule has 0 fully saturated rings. The highest BCUT2D eigenvalue weighted by Crippen LogP contribution is 2.41. The maximum absolute atomic E-state index is 5.23. The minimum atomic E-state index is 0.964. The Kier molecular flexibility index (Phi) is 6.33. The van der Waals surface area contributed by atoms with E-state index in [2.05, 4.69) is 113 Å². The first-order valence-corrected chi connectivity index (χ1v) is 14.5. The maximum atomic E-state index is 5.23. The molecule has 4 aromatic rings. The number of aromatic nitrogens is 3. The number of nitrogens with zero attached hydrogens (tertiary/aromatic N) is 2. The third kappa shape index (κ3) is 3.90. The smallest absolute Gasteiger partial charge is 0.0693 e.